The van der Waals surface area contributed by atoms with Gasteiger partial charge in [-0.25, -0.2) is 0 Å². The van der Waals surface area contributed by atoms with Gasteiger partial charge in [-0.15, -0.1) is 0 Å². The zero-order chi connectivity index (χ0) is 22.4. The fourth-order valence-electron chi connectivity index (χ4n) is 4.21. The van der Waals surface area contributed by atoms with Crippen LogP contribution in [0.25, 0.3) is 0 Å². The van der Waals surface area contributed by atoms with Crippen LogP contribution in [0.4, 0.5) is 0 Å². The number of oxime groups is 1. The summed E-state index contributed by atoms with van der Waals surface area (Å²) in [5.74, 6) is 7.14. The molecule has 2 aliphatic rings. The van der Waals surface area contributed by atoms with Gasteiger partial charge in [-0.3, -0.25) is 0 Å². The van der Waals surface area contributed by atoms with Crippen LogP contribution in [0.2, 0.25) is 18.1 Å². The predicted octanol–water partition coefficient (Wildman–Crippen LogP) is 7.60. The van der Waals surface area contributed by atoms with E-state index >= 15 is 0 Å². The molecule has 0 unspecified atom stereocenters. The van der Waals surface area contributed by atoms with Crippen LogP contribution in [-0.4, -0.2) is 19.6 Å². The van der Waals surface area contributed by atoms with Gasteiger partial charge < -0.3 is 9.26 Å². The molecule has 1 aromatic rings. The van der Waals surface area contributed by atoms with Gasteiger partial charge in [0.15, 0.2) is 8.32 Å². The van der Waals surface area contributed by atoms with Gasteiger partial charge in [0.2, 0.25) is 0 Å². The van der Waals surface area contributed by atoms with E-state index in [9.17, 15) is 0 Å². The molecule has 0 saturated heterocycles. The maximum atomic E-state index is 6.97. The van der Waals surface area contributed by atoms with Crippen molar-refractivity contribution in [3.05, 3.63) is 35.4 Å². The van der Waals surface area contributed by atoms with Gasteiger partial charge in [0.1, 0.15) is 12.2 Å². The molecule has 3 nitrogen and oxygen atoms in total. The maximum absolute atomic E-state index is 6.97. The Labute approximate surface area is 191 Å². The Kier molecular flexibility index (Phi) is 8.05. The summed E-state index contributed by atoms with van der Waals surface area (Å²) in [7, 11) is -1.90. The topological polar surface area (TPSA) is 30.8 Å². The monoisotopic (exact) mass is 439 g/mol. The minimum atomic E-state index is -1.90. The van der Waals surface area contributed by atoms with E-state index in [1.165, 1.54) is 44.2 Å². The minimum Gasteiger partial charge on any atom is -0.401 e. The Bertz CT molecular complexity index is 812. The normalized spacial score (nSPS) is 19.3. The maximum Gasteiger partial charge on any atom is 0.194 e. The molecule has 4 heteroatoms. The van der Waals surface area contributed by atoms with Gasteiger partial charge in [-0.1, -0.05) is 68.8 Å². The van der Waals surface area contributed by atoms with E-state index in [-0.39, 0.29) is 10.6 Å². The van der Waals surface area contributed by atoms with E-state index in [0.717, 1.165) is 36.8 Å². The van der Waals surface area contributed by atoms with Crippen molar-refractivity contribution in [1.29, 1.82) is 0 Å². The quantitative estimate of drug-likeness (QED) is 0.269. The summed E-state index contributed by atoms with van der Waals surface area (Å²) in [4.78, 5) is 5.74. The van der Waals surface area contributed by atoms with Crippen molar-refractivity contribution in [3.8, 4) is 11.8 Å². The molecule has 1 aromatic carbocycles. The molecule has 0 aliphatic heterocycles. The third kappa shape index (κ3) is 6.70. The van der Waals surface area contributed by atoms with Crippen LogP contribution >= 0.6 is 0 Å². The number of nitrogens with zero attached hydrogens (tertiary/aromatic N) is 1. The fourth-order valence-corrected chi connectivity index (χ4v) is 5.75. The molecule has 0 atom stereocenters. The summed E-state index contributed by atoms with van der Waals surface area (Å²) < 4.78 is 6.97. The zero-order valence-electron chi connectivity index (χ0n) is 20.4. The third-order valence-electron chi connectivity index (χ3n) is 7.20. The summed E-state index contributed by atoms with van der Waals surface area (Å²) in [5, 5.41) is 4.59. The Balaban J connectivity index is 1.78. The first-order valence-corrected chi connectivity index (χ1v) is 15.1. The van der Waals surface area contributed by atoms with E-state index in [1.54, 1.807) is 0 Å². The molecule has 0 N–H and O–H groups in total. The van der Waals surface area contributed by atoms with Gasteiger partial charge in [0.05, 0.1) is 5.71 Å². The van der Waals surface area contributed by atoms with E-state index in [0.29, 0.717) is 6.61 Å². The highest BCUT2D eigenvalue weighted by Crippen LogP contribution is 2.43. The standard InChI is InChI=1S/C27H41NO2Si/c1-26(2,3)31(4,5)30-27(19-12-7-13-20-27)21-18-23-14-10-11-15-24(23)22-29-28-25-16-8-6-9-17-25/h10-11,14-15H,6-9,12-13,16-17,19-20,22H2,1-5H3. The summed E-state index contributed by atoms with van der Waals surface area (Å²) in [5.41, 5.74) is 3.04. The number of hydrogen-bond acceptors (Lipinski definition) is 3. The second-order valence-corrected chi connectivity index (χ2v) is 15.5. The van der Waals surface area contributed by atoms with Crippen LogP contribution in [0.3, 0.4) is 0 Å². The van der Waals surface area contributed by atoms with Crippen LogP contribution in [-0.2, 0) is 15.9 Å². The van der Waals surface area contributed by atoms with Gasteiger partial charge in [0.25, 0.3) is 0 Å². The molecular weight excluding hydrogens is 398 g/mol. The summed E-state index contributed by atoms with van der Waals surface area (Å²) in [6, 6.07) is 8.32. The second kappa shape index (κ2) is 10.4. The summed E-state index contributed by atoms with van der Waals surface area (Å²) in [6.45, 7) is 12.1. The average Bonchev–Trinajstić information content (AvgIpc) is 2.73. The van der Waals surface area contributed by atoms with Crippen molar-refractivity contribution in [1.82, 2.24) is 0 Å². The van der Waals surface area contributed by atoms with Gasteiger partial charge in [-0.05, 0) is 75.6 Å². The van der Waals surface area contributed by atoms with E-state index in [1.807, 2.05) is 0 Å². The van der Waals surface area contributed by atoms with E-state index in [2.05, 4.69) is 75.1 Å². The van der Waals surface area contributed by atoms with Crippen LogP contribution in [0.1, 0.15) is 96.1 Å². The lowest BCUT2D eigenvalue weighted by Crippen LogP contribution is -2.50. The Morgan fingerprint density at radius 2 is 1.61 bits per heavy atom. The minimum absolute atomic E-state index is 0.184. The molecule has 170 valence electrons. The molecule has 0 bridgehead atoms. The molecular formula is C27H41NO2Si. The first-order chi connectivity index (χ1) is 14.7. The van der Waals surface area contributed by atoms with E-state index in [4.69, 9.17) is 9.26 Å². The first kappa shape index (κ1) is 24.1. The van der Waals surface area contributed by atoms with Crippen molar-refractivity contribution in [2.24, 2.45) is 5.16 Å². The smallest absolute Gasteiger partial charge is 0.194 e. The van der Waals surface area contributed by atoms with Crippen LogP contribution in [0.15, 0.2) is 29.4 Å². The molecule has 0 spiro atoms. The number of rotatable bonds is 5. The Hall–Kier alpha value is -1.57. The van der Waals surface area contributed by atoms with Crippen molar-refractivity contribution in [3.63, 3.8) is 0 Å². The van der Waals surface area contributed by atoms with Gasteiger partial charge in [-0.2, -0.15) is 0 Å². The highest BCUT2D eigenvalue weighted by atomic mass is 28.4. The molecule has 2 fully saturated rings. The lowest BCUT2D eigenvalue weighted by Gasteiger charge is -2.45. The number of hydrogen-bond donors (Lipinski definition) is 0. The first-order valence-electron chi connectivity index (χ1n) is 12.2. The van der Waals surface area contributed by atoms with Gasteiger partial charge in [0, 0.05) is 11.1 Å². The molecule has 0 heterocycles. The number of benzene rings is 1. The Morgan fingerprint density at radius 1 is 0.968 bits per heavy atom. The SMILES string of the molecule is CC(C)(C)[Si](C)(C)OC1(C#Cc2ccccc2CON=C2CCCCC2)CCCCC1. The zero-order valence-corrected chi connectivity index (χ0v) is 21.4. The molecule has 0 radical (unpaired) electrons. The van der Waals surface area contributed by atoms with Crippen LogP contribution < -0.4 is 0 Å². The van der Waals surface area contributed by atoms with Crippen molar-refractivity contribution in [2.45, 2.75) is 115 Å². The highest BCUT2D eigenvalue weighted by Gasteiger charge is 2.44. The largest absolute Gasteiger partial charge is 0.401 e. The van der Waals surface area contributed by atoms with Crippen molar-refractivity contribution in [2.75, 3.05) is 0 Å². The highest BCUT2D eigenvalue weighted by molar-refractivity contribution is 6.74. The predicted molar refractivity (Wildman–Crippen MR) is 133 cm³/mol. The Morgan fingerprint density at radius 3 is 2.29 bits per heavy atom. The molecule has 0 aromatic heterocycles. The van der Waals surface area contributed by atoms with E-state index < -0.39 is 8.32 Å². The van der Waals surface area contributed by atoms with Crippen molar-refractivity contribution < 1.29 is 9.26 Å². The van der Waals surface area contributed by atoms with Crippen molar-refractivity contribution >= 4 is 14.0 Å². The molecule has 0 amide bonds. The average molecular weight is 440 g/mol. The fraction of sp³-hybridized carbons (Fsp3) is 0.667. The second-order valence-electron chi connectivity index (χ2n) is 10.8. The van der Waals surface area contributed by atoms with Gasteiger partial charge >= 0.3 is 0 Å². The van der Waals surface area contributed by atoms with Crippen LogP contribution in [0.5, 0.6) is 0 Å². The van der Waals surface area contributed by atoms with Crippen LogP contribution in [0, 0.1) is 11.8 Å². The molecule has 2 saturated carbocycles. The lowest BCUT2D eigenvalue weighted by molar-refractivity contribution is 0.0718. The molecule has 31 heavy (non-hydrogen) atoms. The lowest BCUT2D eigenvalue weighted by atomic mass is 9.85. The summed E-state index contributed by atoms with van der Waals surface area (Å²) >= 11 is 0. The molecule has 3 rings (SSSR count). The molecule has 2 aliphatic carbocycles. The summed E-state index contributed by atoms with van der Waals surface area (Å²) in [6.07, 6.45) is 11.7. The third-order valence-corrected chi connectivity index (χ3v) is 11.7.